The van der Waals surface area contributed by atoms with Gasteiger partial charge in [-0.2, -0.15) is 0 Å². The maximum absolute atomic E-state index is 15.1. The van der Waals surface area contributed by atoms with Crippen LogP contribution in [0.3, 0.4) is 0 Å². The van der Waals surface area contributed by atoms with Crippen molar-refractivity contribution in [3.63, 3.8) is 0 Å². The van der Waals surface area contributed by atoms with Gasteiger partial charge >= 0.3 is 0 Å². The lowest BCUT2D eigenvalue weighted by Gasteiger charge is -2.25. The molecular formula is C25H24F2N4O2. The number of fused-ring (bicyclic) bond motifs is 1. The average molecular weight is 450 g/mol. The molecule has 1 fully saturated rings. The first-order chi connectivity index (χ1) is 16.0. The highest BCUT2D eigenvalue weighted by Crippen LogP contribution is 2.33. The van der Waals surface area contributed by atoms with Crippen LogP contribution in [0.15, 0.2) is 42.7 Å². The Morgan fingerprint density at radius 3 is 2.64 bits per heavy atom. The van der Waals surface area contributed by atoms with Crippen LogP contribution in [-0.2, 0) is 11.3 Å². The van der Waals surface area contributed by atoms with Crippen molar-refractivity contribution < 1.29 is 18.3 Å². The lowest BCUT2D eigenvalue weighted by molar-refractivity contribution is 0.00674. The molecule has 1 saturated heterocycles. The number of nitrogens with one attached hydrogen (secondary N) is 1. The molecule has 2 aliphatic rings. The van der Waals surface area contributed by atoms with Crippen molar-refractivity contribution in [2.24, 2.45) is 0 Å². The summed E-state index contributed by atoms with van der Waals surface area (Å²) in [5.41, 5.74) is 3.14. The summed E-state index contributed by atoms with van der Waals surface area (Å²) in [6.07, 6.45) is 3.17. The summed E-state index contributed by atoms with van der Waals surface area (Å²) in [5.74, 6) is -0.375. The maximum Gasteiger partial charge on any atom is 0.254 e. The lowest BCUT2D eigenvalue weighted by Crippen LogP contribution is -2.25. The molecule has 0 unspecified atom stereocenters. The highest BCUT2D eigenvalue weighted by Gasteiger charge is 2.29. The number of amides is 1. The number of carbonyl (C=O) groups is 1. The fraction of sp³-hybridized carbons (Fsp3) is 0.320. The van der Waals surface area contributed by atoms with Gasteiger partial charge in [0.1, 0.15) is 17.5 Å². The number of aromatic nitrogens is 2. The number of anilines is 1. The van der Waals surface area contributed by atoms with Crippen LogP contribution in [0.4, 0.5) is 14.6 Å². The smallest absolute Gasteiger partial charge is 0.254 e. The highest BCUT2D eigenvalue weighted by atomic mass is 19.1. The van der Waals surface area contributed by atoms with E-state index >= 15 is 8.78 Å². The molecule has 6 nitrogen and oxygen atoms in total. The zero-order valence-corrected chi connectivity index (χ0v) is 18.4. The van der Waals surface area contributed by atoms with E-state index in [4.69, 9.17) is 4.74 Å². The second-order valence-electron chi connectivity index (χ2n) is 8.43. The number of carbonyl (C=O) groups excluding carboxylic acids is 1. The van der Waals surface area contributed by atoms with Crippen molar-refractivity contribution in [2.75, 3.05) is 25.1 Å². The number of rotatable bonds is 6. The van der Waals surface area contributed by atoms with Crippen molar-refractivity contribution in [1.82, 2.24) is 14.9 Å². The Morgan fingerprint density at radius 2 is 1.91 bits per heavy atom. The van der Waals surface area contributed by atoms with Gasteiger partial charge in [0, 0.05) is 52.8 Å². The third-order valence-electron chi connectivity index (χ3n) is 6.36. The van der Waals surface area contributed by atoms with Crippen molar-refractivity contribution in [1.29, 1.82) is 0 Å². The van der Waals surface area contributed by atoms with Crippen LogP contribution in [0.1, 0.15) is 53.0 Å². The molecule has 0 spiro atoms. The van der Waals surface area contributed by atoms with Crippen LogP contribution in [0, 0.1) is 11.6 Å². The van der Waals surface area contributed by atoms with E-state index in [2.05, 4.69) is 15.3 Å². The summed E-state index contributed by atoms with van der Waals surface area (Å²) in [6, 6.07) is 7.05. The molecule has 5 rings (SSSR count). The van der Waals surface area contributed by atoms with E-state index in [1.54, 1.807) is 42.4 Å². The van der Waals surface area contributed by atoms with Crippen molar-refractivity contribution >= 4 is 11.7 Å². The van der Waals surface area contributed by atoms with Crippen molar-refractivity contribution in [3.05, 3.63) is 76.7 Å². The quantitative estimate of drug-likeness (QED) is 0.591. The van der Waals surface area contributed by atoms with Crippen molar-refractivity contribution in [3.8, 4) is 11.1 Å². The van der Waals surface area contributed by atoms with Crippen LogP contribution in [0.5, 0.6) is 0 Å². The number of ether oxygens (including phenoxy) is 1. The number of nitrogens with zero attached hydrogens (tertiary/aromatic N) is 3. The predicted molar refractivity (Wildman–Crippen MR) is 120 cm³/mol. The van der Waals surface area contributed by atoms with Crippen LogP contribution < -0.4 is 5.32 Å². The van der Waals surface area contributed by atoms with Gasteiger partial charge in [0.15, 0.2) is 0 Å². The zero-order valence-electron chi connectivity index (χ0n) is 18.4. The third-order valence-corrected chi connectivity index (χ3v) is 6.36. The number of hydrogen-bond acceptors (Lipinski definition) is 5. The van der Waals surface area contributed by atoms with E-state index in [1.165, 1.54) is 12.1 Å². The first kappa shape index (κ1) is 21.5. The summed E-state index contributed by atoms with van der Waals surface area (Å²) in [6.45, 7) is 5.88. The molecular weight excluding hydrogens is 426 g/mol. The van der Waals surface area contributed by atoms with Gasteiger partial charge in [0.25, 0.3) is 5.91 Å². The second kappa shape index (κ2) is 8.51. The molecule has 0 bridgehead atoms. The van der Waals surface area contributed by atoms with E-state index in [9.17, 15) is 4.79 Å². The fourth-order valence-corrected chi connectivity index (χ4v) is 4.31. The minimum atomic E-state index is -0.557. The van der Waals surface area contributed by atoms with E-state index in [0.29, 0.717) is 43.2 Å². The van der Waals surface area contributed by atoms with E-state index in [0.717, 1.165) is 11.3 Å². The van der Waals surface area contributed by atoms with Gasteiger partial charge in [-0.25, -0.2) is 13.8 Å². The van der Waals surface area contributed by atoms with Gasteiger partial charge in [0.05, 0.1) is 25.8 Å². The van der Waals surface area contributed by atoms with Gasteiger partial charge in [-0.15, -0.1) is 0 Å². The number of hydrogen-bond donors (Lipinski definition) is 1. The minimum Gasteiger partial charge on any atom is -0.380 e. The highest BCUT2D eigenvalue weighted by molar-refractivity contribution is 5.99. The molecule has 0 aliphatic carbocycles. The van der Waals surface area contributed by atoms with Crippen LogP contribution in [-0.4, -0.2) is 40.5 Å². The van der Waals surface area contributed by atoms with E-state index in [-0.39, 0.29) is 23.0 Å². The Labute approximate surface area is 190 Å². The maximum atomic E-state index is 15.1. The van der Waals surface area contributed by atoms with E-state index < -0.39 is 17.7 Å². The summed E-state index contributed by atoms with van der Waals surface area (Å²) in [4.78, 5) is 22.9. The SMILES string of the molecule is CCN1Cc2c(ccnc2N[C@@H](C)c2cc(F)c(-c3ccnc(C4COC4)c3)cc2F)C1=O. The minimum absolute atomic E-state index is 0.0441. The number of halogens is 2. The summed E-state index contributed by atoms with van der Waals surface area (Å²) in [5, 5.41) is 3.17. The van der Waals surface area contributed by atoms with E-state index in [1.807, 2.05) is 6.92 Å². The number of pyridine rings is 2. The molecule has 1 amide bonds. The van der Waals surface area contributed by atoms with Gasteiger partial charge in [-0.1, -0.05) is 0 Å². The fourth-order valence-electron chi connectivity index (χ4n) is 4.31. The Hall–Kier alpha value is -3.39. The first-order valence-corrected chi connectivity index (χ1v) is 11.0. The molecule has 2 aromatic heterocycles. The molecule has 0 radical (unpaired) electrons. The van der Waals surface area contributed by atoms with Crippen LogP contribution in [0.25, 0.3) is 11.1 Å². The van der Waals surface area contributed by atoms with Gasteiger partial charge in [-0.05, 0) is 49.7 Å². The molecule has 4 heterocycles. The standard InChI is InChI=1S/C25H24F2N4O2/c1-3-31-11-20-17(25(31)32)5-7-29-24(20)30-14(2)18-9-22(27)19(10-21(18)26)15-4-6-28-23(8-15)16-12-33-13-16/h4-10,14,16H,3,11-13H2,1-2H3,(H,29,30)/t14-/m0/s1. The van der Waals surface area contributed by atoms with Gasteiger partial charge in [0.2, 0.25) is 0 Å². The molecule has 1 atom stereocenters. The molecule has 0 saturated carbocycles. The molecule has 2 aliphatic heterocycles. The Balaban J connectivity index is 1.41. The summed E-state index contributed by atoms with van der Waals surface area (Å²) < 4.78 is 35.4. The van der Waals surface area contributed by atoms with Gasteiger partial charge in [-0.3, -0.25) is 9.78 Å². The monoisotopic (exact) mass is 450 g/mol. The molecule has 1 aromatic carbocycles. The summed E-state index contributed by atoms with van der Waals surface area (Å²) >= 11 is 0. The topological polar surface area (TPSA) is 67.3 Å². The Kier molecular flexibility index (Phi) is 5.54. The Morgan fingerprint density at radius 1 is 1.12 bits per heavy atom. The summed E-state index contributed by atoms with van der Waals surface area (Å²) in [7, 11) is 0. The van der Waals surface area contributed by atoms with Gasteiger partial charge < -0.3 is 15.0 Å². The van der Waals surface area contributed by atoms with Crippen molar-refractivity contribution in [2.45, 2.75) is 32.4 Å². The lowest BCUT2D eigenvalue weighted by atomic mass is 9.97. The molecule has 33 heavy (non-hydrogen) atoms. The van der Waals surface area contributed by atoms with Crippen LogP contribution in [0.2, 0.25) is 0 Å². The normalized spacial score (nSPS) is 16.5. The van der Waals surface area contributed by atoms with Crippen LogP contribution >= 0.6 is 0 Å². The zero-order chi connectivity index (χ0) is 23.1. The molecule has 1 N–H and O–H groups in total. The largest absolute Gasteiger partial charge is 0.380 e. The molecule has 170 valence electrons. The molecule has 8 heteroatoms. The predicted octanol–water partition coefficient (Wildman–Crippen LogP) is 4.68. The second-order valence-corrected chi connectivity index (χ2v) is 8.43. The number of benzene rings is 1. The first-order valence-electron chi connectivity index (χ1n) is 11.0. The average Bonchev–Trinajstić information content (AvgIpc) is 3.11. The Bertz CT molecular complexity index is 1230. The molecule has 3 aromatic rings. The third kappa shape index (κ3) is 3.84.